The molecule has 6 nitrogen and oxygen atoms in total. The first kappa shape index (κ1) is 17.0. The maximum Gasteiger partial charge on any atom is 0.319 e. The number of carbonyl (C=O) groups is 3. The third kappa shape index (κ3) is 3.49. The van der Waals surface area contributed by atoms with Crippen LogP contribution in [0.15, 0.2) is 42.5 Å². The van der Waals surface area contributed by atoms with Gasteiger partial charge >= 0.3 is 6.03 Å². The highest BCUT2D eigenvalue weighted by atomic mass is 35.5. The monoisotopic (exact) mass is 357 g/mol. The maximum atomic E-state index is 12.2. The van der Waals surface area contributed by atoms with Crippen LogP contribution in [0.2, 0.25) is 5.02 Å². The topological polar surface area (TPSA) is 78.5 Å². The molecule has 0 aromatic heterocycles. The highest BCUT2D eigenvalue weighted by Crippen LogP contribution is 2.22. The predicted octanol–water partition coefficient (Wildman–Crippen LogP) is 3.07. The van der Waals surface area contributed by atoms with Gasteiger partial charge in [-0.2, -0.15) is 0 Å². The Balaban J connectivity index is 1.53. The van der Waals surface area contributed by atoms with Crippen LogP contribution in [0.4, 0.5) is 10.5 Å². The summed E-state index contributed by atoms with van der Waals surface area (Å²) >= 11 is 6.01. The van der Waals surface area contributed by atoms with Crippen LogP contribution < -0.4 is 10.6 Å². The molecule has 0 saturated heterocycles. The molecule has 1 heterocycles. The SMILES string of the molecule is Cc1ccc(NC(=O)NCCN2C(=O)c3ccccc3C2=O)cc1Cl. The molecule has 2 N–H and O–H groups in total. The quantitative estimate of drug-likeness (QED) is 0.825. The van der Waals surface area contributed by atoms with Gasteiger partial charge < -0.3 is 10.6 Å². The Bertz CT molecular complexity index is 831. The van der Waals surface area contributed by atoms with Crippen molar-refractivity contribution in [2.24, 2.45) is 0 Å². The number of fused-ring (bicyclic) bond motifs is 1. The Labute approximate surface area is 149 Å². The van der Waals surface area contributed by atoms with Gasteiger partial charge in [0.05, 0.1) is 11.1 Å². The molecular weight excluding hydrogens is 342 g/mol. The highest BCUT2D eigenvalue weighted by Gasteiger charge is 2.34. The minimum atomic E-state index is -0.434. The Morgan fingerprint density at radius 3 is 2.32 bits per heavy atom. The molecule has 0 radical (unpaired) electrons. The van der Waals surface area contributed by atoms with Crippen LogP contribution >= 0.6 is 11.6 Å². The van der Waals surface area contributed by atoms with E-state index in [4.69, 9.17) is 11.6 Å². The number of nitrogens with one attached hydrogen (secondary N) is 2. The second-order valence-corrected chi connectivity index (χ2v) is 6.06. The number of urea groups is 1. The van der Waals surface area contributed by atoms with Gasteiger partial charge in [-0.1, -0.05) is 29.8 Å². The van der Waals surface area contributed by atoms with Gasteiger partial charge in [-0.25, -0.2) is 4.79 Å². The molecule has 0 unspecified atom stereocenters. The summed E-state index contributed by atoms with van der Waals surface area (Å²) in [5.41, 5.74) is 2.27. The van der Waals surface area contributed by atoms with Crippen molar-refractivity contribution in [3.63, 3.8) is 0 Å². The Morgan fingerprint density at radius 1 is 1.08 bits per heavy atom. The lowest BCUT2D eigenvalue weighted by Gasteiger charge is -2.14. The van der Waals surface area contributed by atoms with Gasteiger partial charge in [0.1, 0.15) is 0 Å². The zero-order valence-electron chi connectivity index (χ0n) is 13.5. The standard InChI is InChI=1S/C18H16ClN3O3/c1-11-6-7-12(10-15(11)19)21-18(25)20-8-9-22-16(23)13-4-2-3-5-14(13)17(22)24/h2-7,10H,8-9H2,1H3,(H2,20,21,25). The van der Waals surface area contributed by atoms with Gasteiger partial charge in [0.2, 0.25) is 0 Å². The number of aryl methyl sites for hydroxylation is 1. The van der Waals surface area contributed by atoms with Crippen molar-refractivity contribution < 1.29 is 14.4 Å². The zero-order valence-corrected chi connectivity index (χ0v) is 14.3. The minimum absolute atomic E-state index is 0.106. The first-order valence-electron chi connectivity index (χ1n) is 7.73. The summed E-state index contributed by atoms with van der Waals surface area (Å²) < 4.78 is 0. The van der Waals surface area contributed by atoms with Gasteiger partial charge in [0, 0.05) is 23.8 Å². The normalized spacial score (nSPS) is 13.0. The lowest BCUT2D eigenvalue weighted by molar-refractivity contribution is 0.0656. The lowest BCUT2D eigenvalue weighted by atomic mass is 10.1. The van der Waals surface area contributed by atoms with E-state index in [9.17, 15) is 14.4 Å². The van der Waals surface area contributed by atoms with Gasteiger partial charge in [0.15, 0.2) is 0 Å². The van der Waals surface area contributed by atoms with Crippen molar-refractivity contribution in [2.75, 3.05) is 18.4 Å². The molecule has 0 spiro atoms. The number of hydrogen-bond donors (Lipinski definition) is 2. The molecule has 4 amide bonds. The molecule has 3 rings (SSSR count). The van der Waals surface area contributed by atoms with E-state index in [1.165, 1.54) is 0 Å². The number of imide groups is 1. The summed E-state index contributed by atoms with van der Waals surface area (Å²) in [6.07, 6.45) is 0. The van der Waals surface area contributed by atoms with E-state index in [2.05, 4.69) is 10.6 Å². The van der Waals surface area contributed by atoms with Crippen molar-refractivity contribution >= 4 is 35.1 Å². The molecule has 0 bridgehead atoms. The predicted molar refractivity (Wildman–Crippen MR) is 95.0 cm³/mol. The third-order valence-corrected chi connectivity index (χ3v) is 4.34. The molecule has 2 aromatic carbocycles. The molecule has 0 atom stereocenters. The summed E-state index contributed by atoms with van der Waals surface area (Å²) in [5.74, 6) is -0.679. The van der Waals surface area contributed by atoms with Gasteiger partial charge in [-0.05, 0) is 36.8 Å². The summed E-state index contributed by atoms with van der Waals surface area (Å²) in [4.78, 5) is 37.5. The summed E-state index contributed by atoms with van der Waals surface area (Å²) in [5, 5.41) is 5.83. The van der Waals surface area contributed by atoms with E-state index in [0.29, 0.717) is 21.8 Å². The van der Waals surface area contributed by atoms with E-state index < -0.39 is 6.03 Å². The van der Waals surface area contributed by atoms with Crippen molar-refractivity contribution in [1.29, 1.82) is 0 Å². The van der Waals surface area contributed by atoms with Crippen LogP contribution in [-0.4, -0.2) is 35.8 Å². The number of carbonyl (C=O) groups excluding carboxylic acids is 3. The van der Waals surface area contributed by atoms with E-state index in [-0.39, 0.29) is 24.9 Å². The van der Waals surface area contributed by atoms with E-state index in [1.54, 1.807) is 42.5 Å². The molecular formula is C18H16ClN3O3. The second kappa shape index (κ2) is 6.94. The van der Waals surface area contributed by atoms with E-state index >= 15 is 0 Å². The summed E-state index contributed by atoms with van der Waals surface area (Å²) in [6.45, 7) is 2.12. The van der Waals surface area contributed by atoms with Crippen molar-refractivity contribution in [1.82, 2.24) is 10.2 Å². The molecule has 2 aromatic rings. The number of rotatable bonds is 4. The smallest absolute Gasteiger partial charge is 0.319 e. The van der Waals surface area contributed by atoms with Crippen molar-refractivity contribution in [3.8, 4) is 0 Å². The molecule has 1 aliphatic heterocycles. The first-order valence-corrected chi connectivity index (χ1v) is 8.11. The molecule has 1 aliphatic rings. The van der Waals surface area contributed by atoms with Crippen LogP contribution in [0.5, 0.6) is 0 Å². The number of hydrogen-bond acceptors (Lipinski definition) is 3. The fraction of sp³-hybridized carbons (Fsp3) is 0.167. The average Bonchev–Trinajstić information content (AvgIpc) is 2.83. The van der Waals surface area contributed by atoms with Crippen LogP contribution in [0, 0.1) is 6.92 Å². The molecule has 7 heteroatoms. The molecule has 0 saturated carbocycles. The number of nitrogens with zero attached hydrogens (tertiary/aromatic N) is 1. The van der Waals surface area contributed by atoms with Gasteiger partial charge in [-0.15, -0.1) is 0 Å². The van der Waals surface area contributed by atoms with E-state index in [1.807, 2.05) is 6.92 Å². The van der Waals surface area contributed by atoms with Crippen molar-refractivity contribution in [3.05, 3.63) is 64.2 Å². The number of halogens is 1. The Morgan fingerprint density at radius 2 is 1.72 bits per heavy atom. The minimum Gasteiger partial charge on any atom is -0.336 e. The largest absolute Gasteiger partial charge is 0.336 e. The van der Waals surface area contributed by atoms with Gasteiger partial charge in [0.25, 0.3) is 11.8 Å². The third-order valence-electron chi connectivity index (χ3n) is 3.93. The fourth-order valence-electron chi connectivity index (χ4n) is 2.57. The molecule has 0 aliphatic carbocycles. The van der Waals surface area contributed by atoms with E-state index in [0.717, 1.165) is 10.5 Å². The Hall–Kier alpha value is -2.86. The maximum absolute atomic E-state index is 12.2. The average molecular weight is 358 g/mol. The number of amides is 4. The summed E-state index contributed by atoms with van der Waals surface area (Å²) in [6, 6.07) is 11.4. The Kier molecular flexibility index (Phi) is 4.72. The second-order valence-electron chi connectivity index (χ2n) is 5.65. The van der Waals surface area contributed by atoms with Crippen LogP contribution in [0.1, 0.15) is 26.3 Å². The molecule has 128 valence electrons. The molecule has 25 heavy (non-hydrogen) atoms. The van der Waals surface area contributed by atoms with Crippen LogP contribution in [-0.2, 0) is 0 Å². The highest BCUT2D eigenvalue weighted by molar-refractivity contribution is 6.31. The van der Waals surface area contributed by atoms with Crippen LogP contribution in [0.3, 0.4) is 0 Å². The molecule has 0 fully saturated rings. The first-order chi connectivity index (χ1) is 12.0. The zero-order chi connectivity index (χ0) is 18.0. The van der Waals surface area contributed by atoms with Crippen LogP contribution in [0.25, 0.3) is 0 Å². The number of benzene rings is 2. The fourth-order valence-corrected chi connectivity index (χ4v) is 2.75. The summed E-state index contributed by atoms with van der Waals surface area (Å²) in [7, 11) is 0. The lowest BCUT2D eigenvalue weighted by Crippen LogP contribution is -2.39. The van der Waals surface area contributed by atoms with Crippen molar-refractivity contribution in [2.45, 2.75) is 6.92 Å². The van der Waals surface area contributed by atoms with Gasteiger partial charge in [-0.3, -0.25) is 14.5 Å². The number of anilines is 1.